The first kappa shape index (κ1) is 14.6. The summed E-state index contributed by atoms with van der Waals surface area (Å²) in [7, 11) is 4.18. The van der Waals surface area contributed by atoms with E-state index in [1.54, 1.807) is 0 Å². The first-order chi connectivity index (χ1) is 10.1. The van der Waals surface area contributed by atoms with Crippen molar-refractivity contribution in [2.75, 3.05) is 43.9 Å². The van der Waals surface area contributed by atoms with E-state index in [0.717, 1.165) is 37.1 Å². The molecule has 1 saturated heterocycles. The van der Waals surface area contributed by atoms with Crippen LogP contribution in [0.3, 0.4) is 0 Å². The molecule has 2 heterocycles. The minimum absolute atomic E-state index is 0.589. The molecule has 1 aliphatic heterocycles. The normalized spacial score (nSPS) is 23.4. The summed E-state index contributed by atoms with van der Waals surface area (Å²) in [5.41, 5.74) is 1.18. The van der Waals surface area contributed by atoms with Gasteiger partial charge < -0.3 is 10.2 Å². The summed E-state index contributed by atoms with van der Waals surface area (Å²) in [5, 5.41) is 3.24. The second kappa shape index (κ2) is 5.79. The minimum Gasteiger partial charge on any atom is -0.373 e. The molecule has 3 rings (SSSR count). The molecule has 1 aromatic rings. The molecule has 1 saturated carbocycles. The van der Waals surface area contributed by atoms with Gasteiger partial charge in [0, 0.05) is 44.2 Å². The number of anilines is 2. The van der Waals surface area contributed by atoms with Crippen molar-refractivity contribution in [1.29, 1.82) is 0 Å². The van der Waals surface area contributed by atoms with E-state index in [-0.39, 0.29) is 0 Å². The van der Waals surface area contributed by atoms with Gasteiger partial charge in [0.15, 0.2) is 0 Å². The predicted octanol–water partition coefficient (Wildman–Crippen LogP) is 2.23. The second-order valence-corrected chi connectivity index (χ2v) is 6.39. The molecule has 0 amide bonds. The van der Waals surface area contributed by atoms with Crippen LogP contribution in [0.5, 0.6) is 0 Å². The lowest BCUT2D eigenvalue weighted by molar-refractivity contribution is 0.212. The zero-order valence-corrected chi connectivity index (χ0v) is 13.7. The molecule has 0 radical (unpaired) electrons. The van der Waals surface area contributed by atoms with Crippen LogP contribution in [0.25, 0.3) is 0 Å². The van der Waals surface area contributed by atoms with Gasteiger partial charge in [-0.3, -0.25) is 4.90 Å². The van der Waals surface area contributed by atoms with Gasteiger partial charge in [-0.2, -0.15) is 0 Å². The van der Waals surface area contributed by atoms with Crippen LogP contribution in [0.1, 0.15) is 43.5 Å². The van der Waals surface area contributed by atoms with E-state index >= 15 is 0 Å². The molecule has 1 unspecified atom stereocenters. The molecule has 5 nitrogen and oxygen atoms in total. The summed E-state index contributed by atoms with van der Waals surface area (Å²) < 4.78 is 0. The van der Waals surface area contributed by atoms with Crippen LogP contribution in [0, 0.1) is 6.92 Å². The predicted molar refractivity (Wildman–Crippen MR) is 87.2 cm³/mol. The highest BCUT2D eigenvalue weighted by Crippen LogP contribution is 2.40. The maximum Gasteiger partial charge on any atom is 0.137 e. The highest BCUT2D eigenvalue weighted by Gasteiger charge is 2.30. The minimum atomic E-state index is 0.589. The first-order valence-electron chi connectivity index (χ1n) is 8.15. The van der Waals surface area contributed by atoms with E-state index in [4.69, 9.17) is 9.97 Å². The standard InChI is InChI=1S/C16H27N5/c1-5-13-10-21(9-8-20(13)4)16-11(2)14(17-3)18-15(19-16)12-6-7-12/h12-13H,5-10H2,1-4H3,(H,17,18,19). The Morgan fingerprint density at radius 3 is 2.62 bits per heavy atom. The molecule has 0 aromatic carbocycles. The Kier molecular flexibility index (Phi) is 4.02. The van der Waals surface area contributed by atoms with Crippen LogP contribution < -0.4 is 10.2 Å². The Bertz CT molecular complexity index is 512. The molecule has 116 valence electrons. The van der Waals surface area contributed by atoms with Gasteiger partial charge in [-0.1, -0.05) is 6.92 Å². The number of nitrogens with one attached hydrogen (secondary N) is 1. The molecule has 21 heavy (non-hydrogen) atoms. The highest BCUT2D eigenvalue weighted by atomic mass is 15.3. The van der Waals surface area contributed by atoms with Crippen LogP contribution in [-0.4, -0.2) is 54.6 Å². The van der Waals surface area contributed by atoms with E-state index in [0.29, 0.717) is 12.0 Å². The van der Waals surface area contributed by atoms with Crippen LogP contribution in [0.15, 0.2) is 0 Å². The van der Waals surface area contributed by atoms with Crippen molar-refractivity contribution >= 4 is 11.6 Å². The van der Waals surface area contributed by atoms with Crippen molar-refractivity contribution in [3.05, 3.63) is 11.4 Å². The lowest BCUT2D eigenvalue weighted by Gasteiger charge is -2.40. The van der Waals surface area contributed by atoms with Gasteiger partial charge in [-0.05, 0) is 33.2 Å². The Morgan fingerprint density at radius 1 is 1.24 bits per heavy atom. The molecule has 0 bridgehead atoms. The van der Waals surface area contributed by atoms with Crippen molar-refractivity contribution < 1.29 is 0 Å². The SMILES string of the molecule is CCC1CN(c2nc(C3CC3)nc(NC)c2C)CCN1C. The molecular weight excluding hydrogens is 262 g/mol. The van der Waals surface area contributed by atoms with Crippen molar-refractivity contribution in [3.8, 4) is 0 Å². The molecule has 0 spiro atoms. The van der Waals surface area contributed by atoms with Gasteiger partial charge in [0.1, 0.15) is 17.5 Å². The molecule has 1 N–H and O–H groups in total. The Balaban J connectivity index is 1.91. The summed E-state index contributed by atoms with van der Waals surface area (Å²) in [4.78, 5) is 14.5. The monoisotopic (exact) mass is 289 g/mol. The zero-order chi connectivity index (χ0) is 15.0. The summed E-state index contributed by atoms with van der Waals surface area (Å²) in [6.45, 7) is 7.63. The molecule has 1 atom stereocenters. The summed E-state index contributed by atoms with van der Waals surface area (Å²) in [6, 6.07) is 0.621. The third-order valence-electron chi connectivity index (χ3n) is 4.86. The smallest absolute Gasteiger partial charge is 0.137 e. The third-order valence-corrected chi connectivity index (χ3v) is 4.86. The van der Waals surface area contributed by atoms with Gasteiger partial charge in [0.2, 0.25) is 0 Å². The number of aromatic nitrogens is 2. The average Bonchev–Trinajstić information content (AvgIpc) is 3.33. The molecule has 1 aliphatic carbocycles. The zero-order valence-electron chi connectivity index (χ0n) is 13.7. The first-order valence-corrected chi connectivity index (χ1v) is 8.15. The van der Waals surface area contributed by atoms with E-state index < -0.39 is 0 Å². The van der Waals surface area contributed by atoms with E-state index in [1.165, 1.54) is 24.8 Å². The van der Waals surface area contributed by atoms with Gasteiger partial charge >= 0.3 is 0 Å². The number of hydrogen-bond donors (Lipinski definition) is 1. The summed E-state index contributed by atoms with van der Waals surface area (Å²) in [6.07, 6.45) is 3.67. The Labute approximate surface area is 127 Å². The molecule has 2 aliphatic rings. The highest BCUT2D eigenvalue weighted by molar-refractivity contribution is 5.59. The Hall–Kier alpha value is -1.36. The van der Waals surface area contributed by atoms with Crippen LogP contribution in [-0.2, 0) is 0 Å². The number of hydrogen-bond acceptors (Lipinski definition) is 5. The number of nitrogens with zero attached hydrogens (tertiary/aromatic N) is 4. The van der Waals surface area contributed by atoms with Crippen molar-refractivity contribution in [1.82, 2.24) is 14.9 Å². The number of likely N-dealkylation sites (N-methyl/N-ethyl adjacent to an activating group) is 1. The van der Waals surface area contributed by atoms with Gasteiger partial charge in [-0.15, -0.1) is 0 Å². The maximum atomic E-state index is 4.92. The van der Waals surface area contributed by atoms with Gasteiger partial charge in [0.05, 0.1) is 0 Å². The van der Waals surface area contributed by atoms with Crippen molar-refractivity contribution in [2.24, 2.45) is 0 Å². The average molecular weight is 289 g/mol. The van der Waals surface area contributed by atoms with Crippen LogP contribution in [0.2, 0.25) is 0 Å². The molecule has 1 aromatic heterocycles. The lowest BCUT2D eigenvalue weighted by Crippen LogP contribution is -2.51. The fourth-order valence-electron chi connectivity index (χ4n) is 3.18. The largest absolute Gasteiger partial charge is 0.373 e. The van der Waals surface area contributed by atoms with Crippen LogP contribution >= 0.6 is 0 Å². The van der Waals surface area contributed by atoms with Crippen molar-refractivity contribution in [2.45, 2.75) is 45.1 Å². The molecule has 5 heteroatoms. The number of piperazine rings is 1. The summed E-state index contributed by atoms with van der Waals surface area (Å²) >= 11 is 0. The fourth-order valence-corrected chi connectivity index (χ4v) is 3.18. The topological polar surface area (TPSA) is 44.3 Å². The third kappa shape index (κ3) is 2.84. The van der Waals surface area contributed by atoms with Gasteiger partial charge in [-0.25, -0.2) is 9.97 Å². The maximum absolute atomic E-state index is 4.92. The quantitative estimate of drug-likeness (QED) is 0.921. The molecule has 2 fully saturated rings. The van der Waals surface area contributed by atoms with E-state index in [1.807, 2.05) is 7.05 Å². The summed E-state index contributed by atoms with van der Waals surface area (Å²) in [5.74, 6) is 3.76. The van der Waals surface area contributed by atoms with E-state index in [9.17, 15) is 0 Å². The van der Waals surface area contributed by atoms with Crippen molar-refractivity contribution in [3.63, 3.8) is 0 Å². The lowest BCUT2D eigenvalue weighted by atomic mass is 10.1. The fraction of sp³-hybridized carbons (Fsp3) is 0.750. The Morgan fingerprint density at radius 2 is 2.00 bits per heavy atom. The second-order valence-electron chi connectivity index (χ2n) is 6.39. The number of rotatable bonds is 4. The van der Waals surface area contributed by atoms with E-state index in [2.05, 4.69) is 36.0 Å². The van der Waals surface area contributed by atoms with Gasteiger partial charge in [0.25, 0.3) is 0 Å². The van der Waals surface area contributed by atoms with Crippen LogP contribution in [0.4, 0.5) is 11.6 Å². The molecular formula is C16H27N5.